The Balaban J connectivity index is 1.96. The molecule has 1 N–H and O–H groups in total. The van der Waals surface area contributed by atoms with Crippen molar-refractivity contribution in [2.75, 3.05) is 11.9 Å². The summed E-state index contributed by atoms with van der Waals surface area (Å²) in [5.74, 6) is 0.0729. The quantitative estimate of drug-likeness (QED) is 0.927. The van der Waals surface area contributed by atoms with Gasteiger partial charge in [0.1, 0.15) is 5.76 Å². The molecule has 0 spiro atoms. The molecular weight excluding hydrogens is 258 g/mol. The highest BCUT2D eigenvalue weighted by Crippen LogP contribution is 2.11. The average molecular weight is 273 g/mol. The predicted molar refractivity (Wildman–Crippen MR) is 75.0 cm³/mol. The third kappa shape index (κ3) is 3.47. The third-order valence-corrected chi connectivity index (χ3v) is 2.69. The maximum atomic E-state index is 11.7. The molecule has 20 heavy (non-hydrogen) atoms. The molecule has 5 nitrogen and oxygen atoms in total. The van der Waals surface area contributed by atoms with Gasteiger partial charge < -0.3 is 14.5 Å². The summed E-state index contributed by atoms with van der Waals surface area (Å²) in [5, 5.41) is 2.68. The summed E-state index contributed by atoms with van der Waals surface area (Å²) < 4.78 is 10.3. The zero-order valence-electron chi connectivity index (χ0n) is 11.3. The van der Waals surface area contributed by atoms with Crippen molar-refractivity contribution in [3.8, 4) is 5.75 Å². The molecule has 1 amide bonds. The van der Waals surface area contributed by atoms with E-state index in [0.717, 1.165) is 5.56 Å². The largest absolute Gasteiger partial charge is 0.476 e. The number of nitrogens with one attached hydrogen (secondary N) is 1. The van der Waals surface area contributed by atoms with Crippen LogP contribution in [0.25, 0.3) is 0 Å². The van der Waals surface area contributed by atoms with Gasteiger partial charge in [0.2, 0.25) is 11.2 Å². The van der Waals surface area contributed by atoms with Crippen LogP contribution in [0, 0.1) is 13.8 Å². The van der Waals surface area contributed by atoms with Crippen molar-refractivity contribution in [1.82, 2.24) is 0 Å². The summed E-state index contributed by atoms with van der Waals surface area (Å²) in [6.45, 7) is 3.32. The summed E-state index contributed by atoms with van der Waals surface area (Å²) in [7, 11) is 0. The zero-order chi connectivity index (χ0) is 14.5. The summed E-state index contributed by atoms with van der Waals surface area (Å²) in [5.41, 5.74) is 1.48. The van der Waals surface area contributed by atoms with Crippen molar-refractivity contribution in [3.05, 3.63) is 58.1 Å². The minimum absolute atomic E-state index is 0.0616. The number of carbonyl (C=O) groups excluding carboxylic acids is 1. The van der Waals surface area contributed by atoms with Crippen LogP contribution in [0.5, 0.6) is 5.75 Å². The monoisotopic (exact) mass is 273 g/mol. The Bertz CT molecular complexity index is 658. The summed E-state index contributed by atoms with van der Waals surface area (Å²) in [4.78, 5) is 23.3. The first kappa shape index (κ1) is 13.9. The van der Waals surface area contributed by atoms with Gasteiger partial charge in [0.15, 0.2) is 6.61 Å². The lowest BCUT2D eigenvalue weighted by Gasteiger charge is -2.08. The Morgan fingerprint density at radius 2 is 1.90 bits per heavy atom. The van der Waals surface area contributed by atoms with E-state index in [-0.39, 0.29) is 23.7 Å². The van der Waals surface area contributed by atoms with E-state index in [1.165, 1.54) is 12.3 Å². The van der Waals surface area contributed by atoms with E-state index < -0.39 is 0 Å². The molecule has 0 saturated heterocycles. The number of rotatable bonds is 4. The summed E-state index contributed by atoms with van der Waals surface area (Å²) in [6, 6.07) is 8.64. The van der Waals surface area contributed by atoms with E-state index in [2.05, 4.69) is 5.32 Å². The van der Waals surface area contributed by atoms with Crippen LogP contribution < -0.4 is 15.5 Å². The lowest BCUT2D eigenvalue weighted by atomic mass is 10.2. The van der Waals surface area contributed by atoms with Crippen molar-refractivity contribution in [1.29, 1.82) is 0 Å². The SMILES string of the molecule is Cc1ccc(NC(=O)COc2c(C)occc2=O)cc1. The molecule has 0 aliphatic heterocycles. The summed E-state index contributed by atoms with van der Waals surface area (Å²) >= 11 is 0. The first-order valence-electron chi connectivity index (χ1n) is 6.14. The molecular formula is C15H15NO4. The van der Waals surface area contributed by atoms with Crippen LogP contribution >= 0.6 is 0 Å². The van der Waals surface area contributed by atoms with Crippen molar-refractivity contribution >= 4 is 11.6 Å². The Morgan fingerprint density at radius 3 is 2.55 bits per heavy atom. The second kappa shape index (κ2) is 6.06. The van der Waals surface area contributed by atoms with E-state index in [9.17, 15) is 9.59 Å². The van der Waals surface area contributed by atoms with E-state index in [1.54, 1.807) is 19.1 Å². The topological polar surface area (TPSA) is 68.5 Å². The highest BCUT2D eigenvalue weighted by atomic mass is 16.5. The molecule has 1 aromatic heterocycles. The van der Waals surface area contributed by atoms with Gasteiger partial charge >= 0.3 is 0 Å². The van der Waals surface area contributed by atoms with Crippen molar-refractivity contribution in [3.63, 3.8) is 0 Å². The van der Waals surface area contributed by atoms with Gasteiger partial charge in [0.05, 0.1) is 6.26 Å². The molecule has 1 heterocycles. The van der Waals surface area contributed by atoms with Crippen LogP contribution in [0.1, 0.15) is 11.3 Å². The number of benzene rings is 1. The van der Waals surface area contributed by atoms with Crippen LogP contribution in [0.15, 0.2) is 45.8 Å². The van der Waals surface area contributed by atoms with Crippen molar-refractivity contribution in [2.24, 2.45) is 0 Å². The number of hydrogen-bond donors (Lipinski definition) is 1. The van der Waals surface area contributed by atoms with Gasteiger partial charge in [-0.1, -0.05) is 17.7 Å². The van der Waals surface area contributed by atoms with Crippen LogP contribution in [0.3, 0.4) is 0 Å². The minimum atomic E-state index is -0.337. The maximum absolute atomic E-state index is 11.7. The highest BCUT2D eigenvalue weighted by Gasteiger charge is 2.09. The third-order valence-electron chi connectivity index (χ3n) is 2.69. The zero-order valence-corrected chi connectivity index (χ0v) is 11.3. The number of amides is 1. The van der Waals surface area contributed by atoms with Gasteiger partial charge in [-0.2, -0.15) is 0 Å². The molecule has 0 bridgehead atoms. The molecule has 104 valence electrons. The van der Waals surface area contributed by atoms with Gasteiger partial charge in [-0.05, 0) is 26.0 Å². The molecule has 2 aromatic rings. The van der Waals surface area contributed by atoms with Gasteiger partial charge in [-0.15, -0.1) is 0 Å². The van der Waals surface area contributed by atoms with Gasteiger partial charge in [-0.25, -0.2) is 0 Å². The van der Waals surface area contributed by atoms with E-state index in [4.69, 9.17) is 9.15 Å². The lowest BCUT2D eigenvalue weighted by molar-refractivity contribution is -0.118. The molecule has 5 heteroatoms. The van der Waals surface area contributed by atoms with Gasteiger partial charge in [0.25, 0.3) is 5.91 Å². The number of carbonyl (C=O) groups is 1. The molecule has 0 fully saturated rings. The first-order valence-corrected chi connectivity index (χ1v) is 6.14. The molecule has 0 saturated carbocycles. The smallest absolute Gasteiger partial charge is 0.262 e. The van der Waals surface area contributed by atoms with Gasteiger partial charge in [0, 0.05) is 11.8 Å². The van der Waals surface area contributed by atoms with Crippen LogP contribution in [-0.4, -0.2) is 12.5 Å². The maximum Gasteiger partial charge on any atom is 0.262 e. The first-order chi connectivity index (χ1) is 9.56. The number of ether oxygens (including phenoxy) is 1. The number of hydrogen-bond acceptors (Lipinski definition) is 4. The van der Waals surface area contributed by atoms with E-state index >= 15 is 0 Å². The fraction of sp³-hybridized carbons (Fsp3) is 0.200. The molecule has 1 aromatic carbocycles. The minimum Gasteiger partial charge on any atom is -0.476 e. The number of aryl methyl sites for hydroxylation is 2. The second-order valence-corrected chi connectivity index (χ2v) is 4.37. The molecule has 0 unspecified atom stereocenters. The van der Waals surface area contributed by atoms with Crippen molar-refractivity contribution < 1.29 is 13.9 Å². The molecule has 2 rings (SSSR count). The molecule has 0 radical (unpaired) electrons. The standard InChI is InChI=1S/C15H15NO4/c1-10-3-5-12(6-4-10)16-14(18)9-20-15-11(2)19-8-7-13(15)17/h3-8H,9H2,1-2H3,(H,16,18). The lowest BCUT2D eigenvalue weighted by Crippen LogP contribution is -2.22. The highest BCUT2D eigenvalue weighted by molar-refractivity contribution is 5.91. The fourth-order valence-electron chi connectivity index (χ4n) is 1.65. The van der Waals surface area contributed by atoms with E-state index in [0.29, 0.717) is 11.4 Å². The average Bonchev–Trinajstić information content (AvgIpc) is 2.41. The fourth-order valence-corrected chi connectivity index (χ4v) is 1.65. The Labute approximate surface area is 116 Å². The Morgan fingerprint density at radius 1 is 1.20 bits per heavy atom. The van der Waals surface area contributed by atoms with Crippen LogP contribution in [0.2, 0.25) is 0 Å². The van der Waals surface area contributed by atoms with E-state index in [1.807, 2.05) is 19.1 Å². The summed E-state index contributed by atoms with van der Waals surface area (Å²) in [6.07, 6.45) is 1.29. The molecule has 0 aliphatic rings. The predicted octanol–water partition coefficient (Wildman–Crippen LogP) is 2.27. The normalized spacial score (nSPS) is 10.1. The van der Waals surface area contributed by atoms with Crippen molar-refractivity contribution in [2.45, 2.75) is 13.8 Å². The Hall–Kier alpha value is -2.56. The second-order valence-electron chi connectivity index (χ2n) is 4.37. The number of anilines is 1. The molecule has 0 aliphatic carbocycles. The molecule has 0 atom stereocenters. The van der Waals surface area contributed by atoms with Gasteiger partial charge in [-0.3, -0.25) is 9.59 Å². The van der Waals surface area contributed by atoms with Crippen LogP contribution in [-0.2, 0) is 4.79 Å². The Kier molecular flexibility index (Phi) is 4.20. The van der Waals surface area contributed by atoms with Crippen LogP contribution in [0.4, 0.5) is 5.69 Å².